The highest BCUT2D eigenvalue weighted by atomic mass is 35.5. The molecule has 0 amide bonds. The van der Waals surface area contributed by atoms with E-state index in [-0.39, 0.29) is 21.6 Å². The Hall–Kier alpha value is -2.71. The molecular weight excluding hydrogens is 366 g/mol. The molecule has 2 aromatic rings. The lowest BCUT2D eigenvalue weighted by Gasteiger charge is -2.11. The summed E-state index contributed by atoms with van der Waals surface area (Å²) >= 11 is 10.9. The van der Waals surface area contributed by atoms with Crippen LogP contribution in [0.25, 0.3) is 0 Å². The van der Waals surface area contributed by atoms with E-state index in [0.717, 1.165) is 0 Å². The molecule has 0 radical (unpaired) electrons. The molecule has 0 heterocycles. The van der Waals surface area contributed by atoms with Crippen LogP contribution >= 0.6 is 23.8 Å². The van der Waals surface area contributed by atoms with Gasteiger partial charge in [-0.2, -0.15) is 5.10 Å². The number of halogens is 1. The third-order valence-electron chi connectivity index (χ3n) is 3.09. The normalized spacial score (nSPS) is 10.5. The SMILES string of the molecule is COc1ccc(NC(=S)N/N=C/c2cc(O)c(O)c(Cl)c2)cc1OC. The van der Waals surface area contributed by atoms with E-state index in [4.69, 9.17) is 33.3 Å². The van der Waals surface area contributed by atoms with Gasteiger partial charge in [0, 0.05) is 11.8 Å². The minimum atomic E-state index is -0.377. The van der Waals surface area contributed by atoms with Crippen molar-refractivity contribution in [2.75, 3.05) is 19.5 Å². The van der Waals surface area contributed by atoms with Crippen molar-refractivity contribution in [3.05, 3.63) is 40.9 Å². The average molecular weight is 382 g/mol. The first kappa shape index (κ1) is 18.6. The molecule has 0 unspecified atom stereocenters. The Labute approximate surface area is 154 Å². The number of methoxy groups -OCH3 is 2. The van der Waals surface area contributed by atoms with Crippen LogP contribution < -0.4 is 20.2 Å². The summed E-state index contributed by atoms with van der Waals surface area (Å²) in [6.45, 7) is 0. The lowest BCUT2D eigenvalue weighted by Crippen LogP contribution is -2.23. The third-order valence-corrected chi connectivity index (χ3v) is 3.57. The zero-order valence-electron chi connectivity index (χ0n) is 13.4. The van der Waals surface area contributed by atoms with Crippen LogP contribution in [0.3, 0.4) is 0 Å². The van der Waals surface area contributed by atoms with Gasteiger partial charge in [-0.05, 0) is 42.0 Å². The predicted octanol–water partition coefficient (Wildman–Crippen LogP) is 3.09. The summed E-state index contributed by atoms with van der Waals surface area (Å²) in [5, 5.41) is 26.0. The summed E-state index contributed by atoms with van der Waals surface area (Å²) in [6, 6.07) is 8.02. The molecule has 0 bridgehead atoms. The lowest BCUT2D eigenvalue weighted by atomic mass is 10.2. The molecule has 0 aromatic heterocycles. The first-order valence-corrected chi connectivity index (χ1v) is 7.76. The molecule has 7 nitrogen and oxygen atoms in total. The minimum Gasteiger partial charge on any atom is -0.504 e. The second-order valence-electron chi connectivity index (χ2n) is 4.76. The number of thiocarbonyl (C=S) groups is 1. The number of phenolic OH excluding ortho intramolecular Hbond substituents is 2. The Balaban J connectivity index is 1.99. The number of rotatable bonds is 5. The van der Waals surface area contributed by atoms with Crippen LogP contribution in [0.1, 0.15) is 5.56 Å². The smallest absolute Gasteiger partial charge is 0.191 e. The number of benzene rings is 2. The maximum Gasteiger partial charge on any atom is 0.191 e. The van der Waals surface area contributed by atoms with E-state index in [1.807, 2.05) is 0 Å². The van der Waals surface area contributed by atoms with Crippen LogP contribution in [-0.2, 0) is 0 Å². The largest absolute Gasteiger partial charge is 0.504 e. The third kappa shape index (κ3) is 4.88. The summed E-state index contributed by atoms with van der Waals surface area (Å²) in [5.41, 5.74) is 3.81. The Morgan fingerprint density at radius 3 is 2.52 bits per heavy atom. The van der Waals surface area contributed by atoms with Crippen molar-refractivity contribution in [3.63, 3.8) is 0 Å². The van der Waals surface area contributed by atoms with Crippen molar-refractivity contribution in [2.24, 2.45) is 5.10 Å². The van der Waals surface area contributed by atoms with Gasteiger partial charge in [-0.25, -0.2) is 0 Å². The monoisotopic (exact) mass is 381 g/mol. The van der Waals surface area contributed by atoms with Crippen LogP contribution in [0.5, 0.6) is 23.0 Å². The van der Waals surface area contributed by atoms with Gasteiger partial charge >= 0.3 is 0 Å². The van der Waals surface area contributed by atoms with Crippen LogP contribution in [0.4, 0.5) is 5.69 Å². The Morgan fingerprint density at radius 2 is 1.88 bits per heavy atom. The van der Waals surface area contributed by atoms with Crippen LogP contribution in [0.2, 0.25) is 5.02 Å². The molecule has 4 N–H and O–H groups in total. The van der Waals surface area contributed by atoms with E-state index < -0.39 is 0 Å². The summed E-state index contributed by atoms with van der Waals surface area (Å²) < 4.78 is 10.4. The van der Waals surface area contributed by atoms with E-state index in [0.29, 0.717) is 22.7 Å². The van der Waals surface area contributed by atoms with Gasteiger partial charge in [0.2, 0.25) is 0 Å². The number of hydrogen-bond acceptors (Lipinski definition) is 6. The number of nitrogens with one attached hydrogen (secondary N) is 2. The second kappa shape index (κ2) is 8.41. The summed E-state index contributed by atoms with van der Waals surface area (Å²) in [7, 11) is 3.10. The molecular formula is C16H16ClN3O4S. The number of aromatic hydroxyl groups is 2. The van der Waals surface area contributed by atoms with Gasteiger partial charge in [0.15, 0.2) is 28.1 Å². The fraction of sp³-hybridized carbons (Fsp3) is 0.125. The van der Waals surface area contributed by atoms with Crippen molar-refractivity contribution in [1.29, 1.82) is 0 Å². The summed E-state index contributed by atoms with van der Waals surface area (Å²) in [5.74, 6) is 0.458. The van der Waals surface area contributed by atoms with E-state index >= 15 is 0 Å². The van der Waals surface area contributed by atoms with Gasteiger partial charge in [0.25, 0.3) is 0 Å². The first-order chi connectivity index (χ1) is 11.9. The van der Waals surface area contributed by atoms with Crippen molar-refractivity contribution >= 4 is 40.8 Å². The van der Waals surface area contributed by atoms with Gasteiger partial charge < -0.3 is 25.0 Å². The molecule has 0 aliphatic rings. The Kier molecular flexibility index (Phi) is 6.26. The predicted molar refractivity (Wildman–Crippen MR) is 101 cm³/mol. The Bertz CT molecular complexity index is 791. The number of phenols is 2. The molecule has 2 rings (SSSR count). The molecule has 0 spiro atoms. The molecule has 0 aliphatic heterocycles. The quantitative estimate of drug-likeness (QED) is 0.273. The van der Waals surface area contributed by atoms with E-state index in [1.165, 1.54) is 18.3 Å². The van der Waals surface area contributed by atoms with Crippen LogP contribution in [-0.4, -0.2) is 35.8 Å². The van der Waals surface area contributed by atoms with Crippen LogP contribution in [0, 0.1) is 0 Å². The van der Waals surface area contributed by atoms with Gasteiger partial charge in [0.05, 0.1) is 25.5 Å². The van der Waals surface area contributed by atoms with Gasteiger partial charge in [-0.1, -0.05) is 11.6 Å². The zero-order chi connectivity index (χ0) is 18.4. The van der Waals surface area contributed by atoms with Gasteiger partial charge in [-0.15, -0.1) is 0 Å². The van der Waals surface area contributed by atoms with Crippen LogP contribution in [0.15, 0.2) is 35.4 Å². The zero-order valence-corrected chi connectivity index (χ0v) is 15.0. The molecule has 0 fully saturated rings. The van der Waals surface area contributed by atoms with Crippen molar-refractivity contribution in [2.45, 2.75) is 0 Å². The van der Waals surface area contributed by atoms with Gasteiger partial charge in [0.1, 0.15) is 0 Å². The topological polar surface area (TPSA) is 95.3 Å². The van der Waals surface area contributed by atoms with Gasteiger partial charge in [-0.3, -0.25) is 5.43 Å². The molecule has 132 valence electrons. The lowest BCUT2D eigenvalue weighted by molar-refractivity contribution is 0.355. The maximum absolute atomic E-state index is 9.50. The van der Waals surface area contributed by atoms with Crippen molar-refractivity contribution in [3.8, 4) is 23.0 Å². The summed E-state index contributed by atoms with van der Waals surface area (Å²) in [4.78, 5) is 0. The standard InChI is InChI=1S/C16H16ClN3O4S/c1-23-13-4-3-10(7-14(13)24-2)19-16(25)20-18-8-9-5-11(17)15(22)12(21)6-9/h3-8,21-22H,1-2H3,(H2,19,20,25)/b18-8+. The highest BCUT2D eigenvalue weighted by molar-refractivity contribution is 7.80. The van der Waals surface area contributed by atoms with E-state index in [2.05, 4.69) is 15.8 Å². The highest BCUT2D eigenvalue weighted by Crippen LogP contribution is 2.33. The Morgan fingerprint density at radius 1 is 1.16 bits per heavy atom. The maximum atomic E-state index is 9.50. The van der Waals surface area contributed by atoms with E-state index in [1.54, 1.807) is 32.4 Å². The fourth-order valence-electron chi connectivity index (χ4n) is 1.92. The molecule has 2 aromatic carbocycles. The minimum absolute atomic E-state index is 0.0208. The van der Waals surface area contributed by atoms with E-state index in [9.17, 15) is 10.2 Å². The van der Waals surface area contributed by atoms with Crippen molar-refractivity contribution in [1.82, 2.24) is 5.43 Å². The highest BCUT2D eigenvalue weighted by Gasteiger charge is 2.07. The summed E-state index contributed by atoms with van der Waals surface area (Å²) in [6.07, 6.45) is 1.40. The fourth-order valence-corrected chi connectivity index (χ4v) is 2.31. The second-order valence-corrected chi connectivity index (χ2v) is 5.58. The number of hydrazone groups is 1. The molecule has 0 aliphatic carbocycles. The molecule has 0 saturated carbocycles. The number of hydrogen-bond donors (Lipinski definition) is 4. The first-order valence-electron chi connectivity index (χ1n) is 6.98. The van der Waals surface area contributed by atoms with Crippen molar-refractivity contribution < 1.29 is 19.7 Å². The number of nitrogens with zero attached hydrogens (tertiary/aromatic N) is 1. The average Bonchev–Trinajstić information content (AvgIpc) is 2.59. The number of ether oxygens (including phenoxy) is 2. The molecule has 0 atom stereocenters. The molecule has 0 saturated heterocycles. The molecule has 25 heavy (non-hydrogen) atoms. The number of anilines is 1. The molecule has 9 heteroatoms.